The highest BCUT2D eigenvalue weighted by atomic mass is 19.1. The molecule has 1 saturated carbocycles. The minimum absolute atomic E-state index is 0.0233. The number of hydrogen-bond donors (Lipinski definition) is 2. The topological polar surface area (TPSA) is 79.3 Å². The van der Waals surface area contributed by atoms with Gasteiger partial charge in [-0.2, -0.15) is 4.39 Å². The lowest BCUT2D eigenvalue weighted by Crippen LogP contribution is -2.44. The van der Waals surface area contributed by atoms with Gasteiger partial charge in [-0.1, -0.05) is 19.3 Å². The van der Waals surface area contributed by atoms with Crippen LogP contribution in [0.4, 0.5) is 4.39 Å². The maximum absolute atomic E-state index is 13.4. The van der Waals surface area contributed by atoms with Gasteiger partial charge in [-0.05, 0) is 25.0 Å². The molecule has 1 heterocycles. The van der Waals surface area contributed by atoms with E-state index in [0.29, 0.717) is 12.8 Å². The second-order valence-electron chi connectivity index (χ2n) is 5.17. The minimum Gasteiger partial charge on any atom is -0.481 e. The number of carbonyl (C=O) groups excluding carboxylic acids is 1. The molecule has 0 aliphatic heterocycles. The summed E-state index contributed by atoms with van der Waals surface area (Å²) >= 11 is 0. The van der Waals surface area contributed by atoms with Crippen molar-refractivity contribution < 1.29 is 19.1 Å². The fourth-order valence-corrected chi connectivity index (χ4v) is 2.59. The number of aliphatic carboxylic acids is 1. The normalized spacial score (nSPS) is 17.4. The van der Waals surface area contributed by atoms with Crippen LogP contribution in [0.25, 0.3) is 0 Å². The predicted octanol–water partition coefficient (Wildman–Crippen LogP) is 1.99. The Kier molecular flexibility index (Phi) is 4.32. The predicted molar refractivity (Wildman–Crippen MR) is 69.7 cm³/mol. The molecule has 1 aromatic rings. The quantitative estimate of drug-likeness (QED) is 0.827. The first-order chi connectivity index (χ1) is 9.55. The average Bonchev–Trinajstić information content (AvgIpc) is 2.46. The third kappa shape index (κ3) is 2.95. The Labute approximate surface area is 116 Å². The Morgan fingerprint density at radius 2 is 2.05 bits per heavy atom. The van der Waals surface area contributed by atoms with Crippen LogP contribution in [0.15, 0.2) is 18.3 Å². The molecule has 1 fully saturated rings. The summed E-state index contributed by atoms with van der Waals surface area (Å²) in [6.45, 7) is 0.0233. The van der Waals surface area contributed by atoms with Gasteiger partial charge in [0, 0.05) is 12.7 Å². The van der Waals surface area contributed by atoms with Crippen molar-refractivity contribution in [1.29, 1.82) is 0 Å². The minimum atomic E-state index is -0.924. The number of halogens is 1. The molecule has 20 heavy (non-hydrogen) atoms. The molecule has 1 amide bonds. The number of nitrogens with one attached hydrogen (secondary N) is 1. The summed E-state index contributed by atoms with van der Waals surface area (Å²) in [6.07, 6.45) is 5.02. The number of carbonyl (C=O) groups is 2. The second-order valence-corrected chi connectivity index (χ2v) is 5.17. The van der Waals surface area contributed by atoms with Crippen molar-refractivity contribution in [3.63, 3.8) is 0 Å². The van der Waals surface area contributed by atoms with E-state index in [1.54, 1.807) is 0 Å². The van der Waals surface area contributed by atoms with E-state index in [4.69, 9.17) is 0 Å². The standard InChI is InChI=1S/C14H17FN2O3/c15-11-10(5-4-8-16-11)12(18)17-9-14(13(19)20)6-2-1-3-7-14/h4-5,8H,1-3,6-7,9H2,(H,17,18)(H,19,20). The molecule has 0 unspecified atom stereocenters. The van der Waals surface area contributed by atoms with Gasteiger partial charge in [0.1, 0.15) is 0 Å². The van der Waals surface area contributed by atoms with Crippen molar-refractivity contribution in [2.24, 2.45) is 5.41 Å². The highest BCUT2D eigenvalue weighted by molar-refractivity contribution is 5.94. The van der Waals surface area contributed by atoms with Gasteiger partial charge in [0.2, 0.25) is 5.95 Å². The van der Waals surface area contributed by atoms with E-state index in [-0.39, 0.29) is 12.1 Å². The summed E-state index contributed by atoms with van der Waals surface area (Å²) in [7, 11) is 0. The first-order valence-electron chi connectivity index (χ1n) is 6.67. The van der Waals surface area contributed by atoms with Crippen molar-refractivity contribution in [1.82, 2.24) is 10.3 Å². The summed E-state index contributed by atoms with van der Waals surface area (Å²) in [6, 6.07) is 2.79. The van der Waals surface area contributed by atoms with Crippen LogP contribution in [-0.2, 0) is 4.79 Å². The number of carboxylic acids is 1. The molecule has 1 aliphatic rings. The van der Waals surface area contributed by atoms with E-state index in [0.717, 1.165) is 19.3 Å². The zero-order valence-electron chi connectivity index (χ0n) is 11.1. The van der Waals surface area contributed by atoms with Gasteiger partial charge in [-0.3, -0.25) is 9.59 Å². The number of amides is 1. The third-order valence-electron chi connectivity index (χ3n) is 3.86. The molecule has 2 rings (SSSR count). The van der Waals surface area contributed by atoms with Crippen molar-refractivity contribution in [2.75, 3.05) is 6.54 Å². The lowest BCUT2D eigenvalue weighted by molar-refractivity contribution is -0.150. The van der Waals surface area contributed by atoms with E-state index in [9.17, 15) is 19.1 Å². The monoisotopic (exact) mass is 280 g/mol. The smallest absolute Gasteiger partial charge is 0.311 e. The molecule has 5 nitrogen and oxygen atoms in total. The first-order valence-corrected chi connectivity index (χ1v) is 6.67. The fraction of sp³-hybridized carbons (Fsp3) is 0.500. The molecule has 0 atom stereocenters. The largest absolute Gasteiger partial charge is 0.481 e. The molecule has 0 radical (unpaired) electrons. The van der Waals surface area contributed by atoms with Crippen LogP contribution in [0, 0.1) is 11.4 Å². The fourth-order valence-electron chi connectivity index (χ4n) is 2.59. The van der Waals surface area contributed by atoms with Gasteiger partial charge in [-0.25, -0.2) is 4.98 Å². The zero-order valence-corrected chi connectivity index (χ0v) is 11.1. The molecule has 0 spiro atoms. The van der Waals surface area contributed by atoms with Crippen LogP contribution in [-0.4, -0.2) is 28.5 Å². The van der Waals surface area contributed by atoms with Crippen LogP contribution >= 0.6 is 0 Å². The summed E-state index contributed by atoms with van der Waals surface area (Å²) in [5.74, 6) is -2.37. The summed E-state index contributed by atoms with van der Waals surface area (Å²) in [5, 5.41) is 11.9. The van der Waals surface area contributed by atoms with E-state index in [1.165, 1.54) is 18.3 Å². The summed E-state index contributed by atoms with van der Waals surface area (Å²) in [4.78, 5) is 26.7. The van der Waals surface area contributed by atoms with Crippen LogP contribution in [0.3, 0.4) is 0 Å². The van der Waals surface area contributed by atoms with E-state index in [1.807, 2.05) is 0 Å². The van der Waals surface area contributed by atoms with Crippen LogP contribution in [0.1, 0.15) is 42.5 Å². The van der Waals surface area contributed by atoms with Gasteiger partial charge < -0.3 is 10.4 Å². The van der Waals surface area contributed by atoms with Gasteiger partial charge in [0.15, 0.2) is 0 Å². The molecule has 108 valence electrons. The van der Waals surface area contributed by atoms with Gasteiger partial charge in [0.25, 0.3) is 5.91 Å². The van der Waals surface area contributed by atoms with Crippen LogP contribution in [0.5, 0.6) is 0 Å². The maximum Gasteiger partial charge on any atom is 0.311 e. The Hall–Kier alpha value is -1.98. The second kappa shape index (κ2) is 5.98. The molecular formula is C14H17FN2O3. The molecule has 0 aromatic carbocycles. The molecular weight excluding hydrogens is 263 g/mol. The number of aromatic nitrogens is 1. The Bertz CT molecular complexity index is 513. The van der Waals surface area contributed by atoms with Crippen molar-refractivity contribution in [3.05, 3.63) is 29.8 Å². The van der Waals surface area contributed by atoms with Crippen LogP contribution < -0.4 is 5.32 Å². The van der Waals surface area contributed by atoms with E-state index >= 15 is 0 Å². The Morgan fingerprint density at radius 3 is 2.65 bits per heavy atom. The average molecular weight is 280 g/mol. The molecule has 1 aromatic heterocycles. The van der Waals surface area contributed by atoms with Crippen molar-refractivity contribution >= 4 is 11.9 Å². The van der Waals surface area contributed by atoms with Crippen molar-refractivity contribution in [2.45, 2.75) is 32.1 Å². The number of pyridine rings is 1. The van der Waals surface area contributed by atoms with Gasteiger partial charge in [0.05, 0.1) is 11.0 Å². The Balaban J connectivity index is 2.05. The van der Waals surface area contributed by atoms with Gasteiger partial charge >= 0.3 is 5.97 Å². The number of rotatable bonds is 4. The molecule has 0 saturated heterocycles. The third-order valence-corrected chi connectivity index (χ3v) is 3.86. The first kappa shape index (κ1) is 14.4. The summed E-state index contributed by atoms with van der Waals surface area (Å²) < 4.78 is 13.4. The highest BCUT2D eigenvalue weighted by Crippen LogP contribution is 2.36. The zero-order chi connectivity index (χ0) is 14.6. The Morgan fingerprint density at radius 1 is 1.35 bits per heavy atom. The molecule has 6 heteroatoms. The van der Waals surface area contributed by atoms with E-state index in [2.05, 4.69) is 10.3 Å². The SMILES string of the molecule is O=C(NCC1(C(=O)O)CCCCC1)c1cccnc1F. The van der Waals surface area contributed by atoms with E-state index < -0.39 is 23.2 Å². The van der Waals surface area contributed by atoms with Gasteiger partial charge in [-0.15, -0.1) is 0 Å². The maximum atomic E-state index is 13.4. The van der Waals surface area contributed by atoms with Crippen LogP contribution in [0.2, 0.25) is 0 Å². The lowest BCUT2D eigenvalue weighted by Gasteiger charge is -2.33. The number of nitrogens with zero attached hydrogens (tertiary/aromatic N) is 1. The number of hydrogen-bond acceptors (Lipinski definition) is 3. The molecule has 0 bridgehead atoms. The highest BCUT2D eigenvalue weighted by Gasteiger charge is 2.39. The van der Waals surface area contributed by atoms with Crippen molar-refractivity contribution in [3.8, 4) is 0 Å². The lowest BCUT2D eigenvalue weighted by atomic mass is 9.74. The molecule has 1 aliphatic carbocycles. The summed E-state index contributed by atoms with van der Waals surface area (Å²) in [5.41, 5.74) is -1.09. The number of carboxylic acid groups (broad SMARTS) is 1. The molecule has 2 N–H and O–H groups in total.